The number of hydrogen-bond acceptors (Lipinski definition) is 7. The van der Waals surface area contributed by atoms with Crippen molar-refractivity contribution in [3.8, 4) is 0 Å². The lowest BCUT2D eigenvalue weighted by Crippen LogP contribution is -2.24. The molecule has 0 spiro atoms. The van der Waals surface area contributed by atoms with Crippen LogP contribution in [0.25, 0.3) is 0 Å². The normalized spacial score (nSPS) is 14.0. The highest BCUT2D eigenvalue weighted by atomic mass is 16.6. The van der Waals surface area contributed by atoms with Gasteiger partial charge in [-0.25, -0.2) is 9.59 Å². The topological polar surface area (TPSA) is 105 Å². The molecule has 1 aromatic rings. The van der Waals surface area contributed by atoms with E-state index in [0.717, 1.165) is 0 Å². The summed E-state index contributed by atoms with van der Waals surface area (Å²) >= 11 is 0. The molecule has 1 aromatic carbocycles. The highest BCUT2D eigenvalue weighted by Crippen LogP contribution is 2.37. The molecule has 0 radical (unpaired) electrons. The van der Waals surface area contributed by atoms with Gasteiger partial charge in [-0.05, 0) is 19.4 Å². The monoisotopic (exact) mass is 347 g/mol. The van der Waals surface area contributed by atoms with Gasteiger partial charge >= 0.3 is 11.9 Å². The van der Waals surface area contributed by atoms with E-state index in [1.807, 2.05) is 0 Å². The first-order valence-corrected chi connectivity index (χ1v) is 7.63. The van der Waals surface area contributed by atoms with Crippen LogP contribution in [0.2, 0.25) is 0 Å². The number of nitro benzene ring substituents is 1. The van der Waals surface area contributed by atoms with Gasteiger partial charge in [-0.3, -0.25) is 10.1 Å². The molecule has 0 aliphatic carbocycles. The van der Waals surface area contributed by atoms with Gasteiger partial charge in [-0.1, -0.05) is 12.1 Å². The van der Waals surface area contributed by atoms with E-state index in [4.69, 9.17) is 14.2 Å². The van der Waals surface area contributed by atoms with Crippen molar-refractivity contribution in [3.63, 3.8) is 0 Å². The Balaban J connectivity index is 2.51. The van der Waals surface area contributed by atoms with Gasteiger partial charge in [0.2, 0.25) is 0 Å². The Bertz CT molecular complexity index is 717. The number of ether oxygens (including phenoxy) is 3. The lowest BCUT2D eigenvalue weighted by Gasteiger charge is -2.24. The zero-order chi connectivity index (χ0) is 18.4. The average molecular weight is 347 g/mol. The summed E-state index contributed by atoms with van der Waals surface area (Å²) in [7, 11) is 0. The van der Waals surface area contributed by atoms with Crippen molar-refractivity contribution >= 4 is 17.6 Å². The number of benzene rings is 1. The lowest BCUT2D eigenvalue weighted by molar-refractivity contribution is -0.384. The fraction of sp³-hybridized carbons (Fsp3) is 0.294. The summed E-state index contributed by atoms with van der Waals surface area (Å²) in [4.78, 5) is 35.0. The maximum Gasteiger partial charge on any atom is 0.338 e. The van der Waals surface area contributed by atoms with Crippen LogP contribution in [-0.2, 0) is 23.8 Å². The molecule has 0 aromatic heterocycles. The number of non-ortho nitro benzene ring substituents is 1. The molecule has 8 heteroatoms. The number of nitro groups is 1. The maximum atomic E-state index is 12.2. The highest BCUT2D eigenvalue weighted by Gasteiger charge is 2.35. The van der Waals surface area contributed by atoms with Crippen molar-refractivity contribution in [2.45, 2.75) is 19.8 Å². The van der Waals surface area contributed by atoms with Crippen LogP contribution in [0.15, 0.2) is 47.9 Å². The molecular formula is C17H17NO7. The Morgan fingerprint density at radius 2 is 1.68 bits per heavy atom. The molecule has 132 valence electrons. The SMILES string of the molecule is CCOC(=O)C1=COC=C(C(=O)OCC)C1c1cccc([N+](=O)[O-])c1. The Morgan fingerprint density at radius 3 is 2.16 bits per heavy atom. The first kappa shape index (κ1) is 18.2. The smallest absolute Gasteiger partial charge is 0.338 e. The Hall–Kier alpha value is -3.16. The molecular weight excluding hydrogens is 330 g/mol. The van der Waals surface area contributed by atoms with Crippen molar-refractivity contribution in [2.75, 3.05) is 13.2 Å². The van der Waals surface area contributed by atoms with Crippen LogP contribution in [0.3, 0.4) is 0 Å². The summed E-state index contributed by atoms with van der Waals surface area (Å²) in [6.07, 6.45) is 2.34. The molecule has 1 aliphatic heterocycles. The molecule has 0 saturated carbocycles. The molecule has 0 amide bonds. The second-order valence-electron chi connectivity index (χ2n) is 5.01. The van der Waals surface area contributed by atoms with E-state index < -0.39 is 22.8 Å². The third-order valence-electron chi connectivity index (χ3n) is 3.45. The van der Waals surface area contributed by atoms with Crippen molar-refractivity contribution in [1.82, 2.24) is 0 Å². The summed E-state index contributed by atoms with van der Waals surface area (Å²) in [6, 6.07) is 5.69. The molecule has 0 saturated heterocycles. The average Bonchev–Trinajstić information content (AvgIpc) is 2.61. The second kappa shape index (κ2) is 8.09. The second-order valence-corrected chi connectivity index (χ2v) is 5.01. The van der Waals surface area contributed by atoms with Gasteiger partial charge in [-0.15, -0.1) is 0 Å². The van der Waals surface area contributed by atoms with Crippen LogP contribution < -0.4 is 0 Å². The Morgan fingerprint density at radius 1 is 1.12 bits per heavy atom. The number of hydrogen-bond donors (Lipinski definition) is 0. The first-order valence-electron chi connectivity index (χ1n) is 7.63. The van der Waals surface area contributed by atoms with Gasteiger partial charge in [0.1, 0.15) is 12.5 Å². The van der Waals surface area contributed by atoms with Crippen LogP contribution >= 0.6 is 0 Å². The number of esters is 2. The molecule has 0 bridgehead atoms. The summed E-state index contributed by atoms with van der Waals surface area (Å²) in [6.45, 7) is 3.56. The summed E-state index contributed by atoms with van der Waals surface area (Å²) in [5.74, 6) is -2.23. The maximum absolute atomic E-state index is 12.2. The zero-order valence-corrected chi connectivity index (χ0v) is 13.8. The summed E-state index contributed by atoms with van der Waals surface area (Å²) in [5, 5.41) is 11.0. The molecule has 0 unspecified atom stereocenters. The molecule has 0 N–H and O–H groups in total. The largest absolute Gasteiger partial charge is 0.471 e. The molecule has 0 fully saturated rings. The number of carbonyl (C=O) groups excluding carboxylic acids is 2. The van der Waals surface area contributed by atoms with Crippen LogP contribution in [0.1, 0.15) is 25.3 Å². The minimum absolute atomic E-state index is 0.0629. The standard InChI is InChI=1S/C17H17NO7/c1-3-24-16(19)13-9-23-10-14(17(20)25-4-2)15(13)11-6-5-7-12(8-11)18(21)22/h5-10,15H,3-4H2,1-2H3. The van der Waals surface area contributed by atoms with Gasteiger partial charge in [0, 0.05) is 12.1 Å². The van der Waals surface area contributed by atoms with E-state index in [1.54, 1.807) is 19.9 Å². The van der Waals surface area contributed by atoms with Crippen molar-refractivity contribution in [2.24, 2.45) is 0 Å². The van der Waals surface area contributed by atoms with Crippen molar-refractivity contribution in [3.05, 3.63) is 63.6 Å². The molecule has 8 nitrogen and oxygen atoms in total. The molecule has 25 heavy (non-hydrogen) atoms. The van der Waals surface area contributed by atoms with Crippen LogP contribution in [0.5, 0.6) is 0 Å². The van der Waals surface area contributed by atoms with E-state index in [9.17, 15) is 19.7 Å². The van der Waals surface area contributed by atoms with Gasteiger partial charge < -0.3 is 14.2 Å². The molecule has 2 rings (SSSR count). The Kier molecular flexibility index (Phi) is 5.89. The van der Waals surface area contributed by atoms with Gasteiger partial charge in [0.25, 0.3) is 5.69 Å². The minimum Gasteiger partial charge on any atom is -0.471 e. The lowest BCUT2D eigenvalue weighted by atomic mass is 9.84. The molecule has 0 atom stereocenters. The quantitative estimate of drug-likeness (QED) is 0.442. The summed E-state index contributed by atoms with van der Waals surface area (Å²) < 4.78 is 15.1. The van der Waals surface area contributed by atoms with E-state index in [2.05, 4.69) is 0 Å². The number of nitrogens with zero attached hydrogens (tertiary/aromatic N) is 1. The third kappa shape index (κ3) is 4.03. The van der Waals surface area contributed by atoms with Crippen molar-refractivity contribution < 1.29 is 28.7 Å². The number of carbonyl (C=O) groups is 2. The van der Waals surface area contributed by atoms with E-state index in [1.165, 1.54) is 30.7 Å². The van der Waals surface area contributed by atoms with Crippen molar-refractivity contribution in [1.29, 1.82) is 0 Å². The fourth-order valence-corrected chi connectivity index (χ4v) is 2.42. The van der Waals surface area contributed by atoms with Gasteiger partial charge in [0.05, 0.1) is 35.2 Å². The zero-order valence-electron chi connectivity index (χ0n) is 13.8. The molecule has 1 aliphatic rings. The Labute approximate surface area is 143 Å². The first-order chi connectivity index (χ1) is 12.0. The van der Waals surface area contributed by atoms with E-state index >= 15 is 0 Å². The van der Waals surface area contributed by atoms with Gasteiger partial charge in [0.15, 0.2) is 0 Å². The predicted octanol–water partition coefficient (Wildman–Crippen LogP) is 2.60. The van der Waals surface area contributed by atoms with Gasteiger partial charge in [-0.2, -0.15) is 0 Å². The fourth-order valence-electron chi connectivity index (χ4n) is 2.42. The summed E-state index contributed by atoms with van der Waals surface area (Å²) in [5.41, 5.74) is 0.354. The highest BCUT2D eigenvalue weighted by molar-refractivity contribution is 5.98. The van der Waals surface area contributed by atoms with Crippen LogP contribution in [-0.4, -0.2) is 30.1 Å². The number of rotatable bonds is 6. The van der Waals surface area contributed by atoms with E-state index in [-0.39, 0.29) is 30.0 Å². The van der Waals surface area contributed by atoms with E-state index in [0.29, 0.717) is 5.56 Å². The molecule has 1 heterocycles. The third-order valence-corrected chi connectivity index (χ3v) is 3.45. The minimum atomic E-state index is -0.883. The van der Waals surface area contributed by atoms with Crippen LogP contribution in [0, 0.1) is 10.1 Å². The van der Waals surface area contributed by atoms with Crippen LogP contribution in [0.4, 0.5) is 5.69 Å². The predicted molar refractivity (Wildman–Crippen MR) is 86.4 cm³/mol.